The third-order valence-corrected chi connectivity index (χ3v) is 3.21. The van der Waals surface area contributed by atoms with Crippen molar-refractivity contribution in [3.63, 3.8) is 0 Å². The third kappa shape index (κ3) is 7.68. The number of ether oxygens (including phenoxy) is 1. The summed E-state index contributed by atoms with van der Waals surface area (Å²) in [4.78, 5) is 27.5. The van der Waals surface area contributed by atoms with E-state index in [0.29, 0.717) is 0 Å². The molecule has 0 saturated carbocycles. The molecule has 6 nitrogen and oxygen atoms in total. The molecule has 156 valence electrons. The maximum atomic E-state index is 12.2. The highest BCUT2D eigenvalue weighted by Gasteiger charge is 2.29. The summed E-state index contributed by atoms with van der Waals surface area (Å²) in [6, 6.07) is 7.42. The lowest BCUT2D eigenvalue weighted by atomic mass is 10.1. The zero-order chi connectivity index (χ0) is 21.7. The molecule has 0 saturated heterocycles. The summed E-state index contributed by atoms with van der Waals surface area (Å²) in [6.07, 6.45) is -8.11. The predicted molar refractivity (Wildman–Crippen MR) is 88.6 cm³/mol. The molecule has 1 aromatic heterocycles. The van der Waals surface area contributed by atoms with E-state index in [1.54, 1.807) is 5.32 Å². The highest BCUT2D eigenvalue weighted by Crippen LogP contribution is 2.18. The van der Waals surface area contributed by atoms with Crippen LogP contribution < -0.4 is 15.4 Å². The number of benzene rings is 1. The van der Waals surface area contributed by atoms with E-state index in [-0.39, 0.29) is 22.7 Å². The van der Waals surface area contributed by atoms with E-state index < -0.39 is 37.3 Å². The van der Waals surface area contributed by atoms with Crippen LogP contribution in [0.5, 0.6) is 5.88 Å². The summed E-state index contributed by atoms with van der Waals surface area (Å²) in [5, 5.41) is 4.10. The van der Waals surface area contributed by atoms with Crippen molar-refractivity contribution in [1.29, 1.82) is 0 Å². The van der Waals surface area contributed by atoms with E-state index in [0.717, 1.165) is 18.3 Å². The SMILES string of the molecule is O=C(NCC(F)(F)F)c1cccc(NC(=O)c2ccc(OCC(F)(F)F)nc2)c1. The van der Waals surface area contributed by atoms with Crippen LogP contribution in [0, 0.1) is 0 Å². The van der Waals surface area contributed by atoms with Crippen LogP contribution in [-0.2, 0) is 0 Å². The summed E-state index contributed by atoms with van der Waals surface area (Å²) in [5.41, 5.74) is -0.00980. The highest BCUT2D eigenvalue weighted by atomic mass is 19.4. The maximum Gasteiger partial charge on any atom is 0.422 e. The minimum absolute atomic E-state index is 0.0173. The van der Waals surface area contributed by atoms with Crippen LogP contribution in [0.25, 0.3) is 0 Å². The normalized spacial score (nSPS) is 11.7. The second kappa shape index (κ2) is 8.80. The lowest BCUT2D eigenvalue weighted by molar-refractivity contribution is -0.154. The second-order valence-corrected chi connectivity index (χ2v) is 5.62. The lowest BCUT2D eigenvalue weighted by Gasteiger charge is -2.10. The number of pyridine rings is 1. The number of anilines is 1. The fourth-order valence-electron chi connectivity index (χ4n) is 1.98. The number of aromatic nitrogens is 1. The molecular weight excluding hydrogens is 408 g/mol. The number of alkyl halides is 6. The Kier molecular flexibility index (Phi) is 6.67. The molecule has 0 spiro atoms. The monoisotopic (exact) mass is 421 g/mol. The van der Waals surface area contributed by atoms with Crippen molar-refractivity contribution >= 4 is 17.5 Å². The lowest BCUT2D eigenvalue weighted by Crippen LogP contribution is -2.33. The zero-order valence-corrected chi connectivity index (χ0v) is 14.4. The smallest absolute Gasteiger partial charge is 0.422 e. The second-order valence-electron chi connectivity index (χ2n) is 5.62. The van der Waals surface area contributed by atoms with Gasteiger partial charge in [0.25, 0.3) is 11.8 Å². The first-order valence-electron chi connectivity index (χ1n) is 7.85. The Morgan fingerprint density at radius 3 is 2.24 bits per heavy atom. The van der Waals surface area contributed by atoms with E-state index in [1.807, 2.05) is 0 Å². The van der Waals surface area contributed by atoms with Crippen LogP contribution in [0.4, 0.5) is 32.0 Å². The Morgan fingerprint density at radius 1 is 0.931 bits per heavy atom. The first-order valence-corrected chi connectivity index (χ1v) is 7.85. The van der Waals surface area contributed by atoms with Gasteiger partial charge in [-0.3, -0.25) is 9.59 Å². The molecule has 0 aliphatic heterocycles. The Bertz CT molecular complexity index is 866. The van der Waals surface area contributed by atoms with Crippen LogP contribution in [0.1, 0.15) is 20.7 Å². The van der Waals surface area contributed by atoms with Gasteiger partial charge in [0.15, 0.2) is 6.61 Å². The number of carbonyl (C=O) groups excluding carboxylic acids is 2. The summed E-state index contributed by atoms with van der Waals surface area (Å²) in [5.74, 6) is -2.01. The summed E-state index contributed by atoms with van der Waals surface area (Å²) in [7, 11) is 0. The van der Waals surface area contributed by atoms with Gasteiger partial charge in [-0.1, -0.05) is 6.07 Å². The van der Waals surface area contributed by atoms with E-state index in [2.05, 4.69) is 15.0 Å². The fourth-order valence-corrected chi connectivity index (χ4v) is 1.98. The predicted octanol–water partition coefficient (Wildman–Crippen LogP) is 3.57. The Labute approximate surface area is 159 Å². The number of nitrogens with zero attached hydrogens (tertiary/aromatic N) is 1. The Balaban J connectivity index is 1.99. The Morgan fingerprint density at radius 2 is 1.66 bits per heavy atom. The summed E-state index contributed by atoms with van der Waals surface area (Å²) >= 11 is 0. The van der Waals surface area contributed by atoms with Gasteiger partial charge in [-0.05, 0) is 24.3 Å². The van der Waals surface area contributed by atoms with Crippen molar-refractivity contribution in [3.8, 4) is 5.88 Å². The van der Waals surface area contributed by atoms with E-state index in [4.69, 9.17) is 0 Å². The quantitative estimate of drug-likeness (QED) is 0.699. The number of hydrogen-bond donors (Lipinski definition) is 2. The minimum atomic E-state index is -4.57. The highest BCUT2D eigenvalue weighted by molar-refractivity contribution is 6.05. The van der Waals surface area contributed by atoms with Crippen molar-refractivity contribution in [1.82, 2.24) is 10.3 Å². The average Bonchev–Trinajstić information content (AvgIpc) is 2.64. The standard InChI is InChI=1S/C17H13F6N3O3/c18-16(19,20)8-25-14(27)10-2-1-3-12(6-10)26-15(28)11-4-5-13(24-7-11)29-9-17(21,22)23/h1-7H,8-9H2,(H,25,27)(H,26,28). The molecule has 0 atom stereocenters. The van der Waals surface area contributed by atoms with Gasteiger partial charge in [-0.15, -0.1) is 0 Å². The van der Waals surface area contributed by atoms with Crippen LogP contribution >= 0.6 is 0 Å². The fraction of sp³-hybridized carbons (Fsp3) is 0.235. The van der Waals surface area contributed by atoms with Gasteiger partial charge >= 0.3 is 12.4 Å². The molecule has 0 radical (unpaired) electrons. The van der Waals surface area contributed by atoms with Gasteiger partial charge in [-0.2, -0.15) is 26.3 Å². The first kappa shape index (κ1) is 22.0. The molecule has 1 heterocycles. The topological polar surface area (TPSA) is 80.3 Å². The first-order chi connectivity index (χ1) is 13.4. The number of rotatable bonds is 6. The summed E-state index contributed by atoms with van der Waals surface area (Å²) < 4.78 is 77.2. The molecule has 0 aliphatic rings. The Hall–Kier alpha value is -3.31. The van der Waals surface area contributed by atoms with Crippen LogP contribution in [0.2, 0.25) is 0 Å². The van der Waals surface area contributed by atoms with Gasteiger partial charge in [0.1, 0.15) is 6.54 Å². The zero-order valence-electron chi connectivity index (χ0n) is 14.4. The van der Waals surface area contributed by atoms with E-state index in [1.165, 1.54) is 24.3 Å². The van der Waals surface area contributed by atoms with Crippen LogP contribution in [0.3, 0.4) is 0 Å². The molecule has 0 unspecified atom stereocenters. The molecule has 0 aliphatic carbocycles. The van der Waals surface area contributed by atoms with Crippen molar-refractivity contribution < 1.29 is 40.7 Å². The number of halogens is 6. The molecule has 2 N–H and O–H groups in total. The van der Waals surface area contributed by atoms with Crippen molar-refractivity contribution in [2.75, 3.05) is 18.5 Å². The molecule has 29 heavy (non-hydrogen) atoms. The van der Waals surface area contributed by atoms with Gasteiger partial charge < -0.3 is 15.4 Å². The maximum absolute atomic E-state index is 12.2. The molecule has 2 amide bonds. The minimum Gasteiger partial charge on any atom is -0.468 e. The molecule has 0 fully saturated rings. The molecular formula is C17H13F6N3O3. The van der Waals surface area contributed by atoms with Crippen LogP contribution in [-0.4, -0.2) is 42.3 Å². The molecule has 0 bridgehead atoms. The largest absolute Gasteiger partial charge is 0.468 e. The van der Waals surface area contributed by atoms with Gasteiger partial charge in [0.05, 0.1) is 5.56 Å². The molecule has 2 rings (SSSR count). The number of carbonyl (C=O) groups is 2. The number of nitrogens with one attached hydrogen (secondary N) is 2. The third-order valence-electron chi connectivity index (χ3n) is 3.21. The molecule has 1 aromatic carbocycles. The number of amides is 2. The van der Waals surface area contributed by atoms with Crippen LogP contribution in [0.15, 0.2) is 42.6 Å². The van der Waals surface area contributed by atoms with E-state index in [9.17, 15) is 35.9 Å². The van der Waals surface area contributed by atoms with Gasteiger partial charge in [0.2, 0.25) is 5.88 Å². The number of hydrogen-bond acceptors (Lipinski definition) is 4. The summed E-state index contributed by atoms with van der Waals surface area (Å²) in [6.45, 7) is -3.04. The van der Waals surface area contributed by atoms with Crippen molar-refractivity contribution in [2.45, 2.75) is 12.4 Å². The van der Waals surface area contributed by atoms with Crippen molar-refractivity contribution in [2.24, 2.45) is 0 Å². The van der Waals surface area contributed by atoms with E-state index >= 15 is 0 Å². The van der Waals surface area contributed by atoms with Gasteiger partial charge in [0, 0.05) is 23.5 Å². The molecule has 12 heteroatoms. The average molecular weight is 421 g/mol. The van der Waals surface area contributed by atoms with Crippen molar-refractivity contribution in [3.05, 3.63) is 53.7 Å². The molecule has 2 aromatic rings. The van der Waals surface area contributed by atoms with Gasteiger partial charge in [-0.25, -0.2) is 4.98 Å².